The van der Waals surface area contributed by atoms with Gasteiger partial charge in [-0.1, -0.05) is 0 Å². The summed E-state index contributed by atoms with van der Waals surface area (Å²) < 4.78 is 6.85. The quantitative estimate of drug-likeness (QED) is 0.568. The molecule has 1 aliphatic rings. The first-order valence-electron chi connectivity index (χ1n) is 8.87. The number of rotatable bonds is 5. The molecule has 2 aromatic heterocycles. The van der Waals surface area contributed by atoms with Gasteiger partial charge in [-0.05, 0) is 51.2 Å². The molecule has 0 spiro atoms. The van der Waals surface area contributed by atoms with Crippen molar-refractivity contribution in [2.45, 2.75) is 52.5 Å². The third-order valence-corrected chi connectivity index (χ3v) is 5.87. The summed E-state index contributed by atoms with van der Waals surface area (Å²) in [5.41, 5.74) is 6.13. The highest BCUT2D eigenvalue weighted by Gasteiger charge is 2.19. The zero-order valence-electron chi connectivity index (χ0n) is 15.5. The first-order valence-corrected chi connectivity index (χ1v) is 9.75. The molecule has 0 N–H and O–H groups in total. The zero-order valence-corrected chi connectivity index (χ0v) is 16.3. The lowest BCUT2D eigenvalue weighted by Gasteiger charge is -2.08. The molecule has 0 radical (unpaired) electrons. The third kappa shape index (κ3) is 3.58. The number of hydrogen-bond acceptors (Lipinski definition) is 5. The molecule has 0 aliphatic heterocycles. The van der Waals surface area contributed by atoms with Crippen molar-refractivity contribution in [3.8, 4) is 17.3 Å². The number of thiazole rings is 1. The summed E-state index contributed by atoms with van der Waals surface area (Å²) in [5, 5.41) is 12.4. The molecule has 0 saturated heterocycles. The zero-order chi connectivity index (χ0) is 18.7. The number of carbonyl (C=O) groups excluding carboxylic acids is 1. The van der Waals surface area contributed by atoms with Gasteiger partial charge in [0.05, 0.1) is 24.8 Å². The summed E-state index contributed by atoms with van der Waals surface area (Å²) in [6.07, 6.45) is 4.71. The van der Waals surface area contributed by atoms with E-state index in [2.05, 4.69) is 16.7 Å². The topological polar surface area (TPSA) is 67.9 Å². The van der Waals surface area contributed by atoms with Crippen molar-refractivity contribution in [3.05, 3.63) is 33.4 Å². The Morgan fingerprint density at radius 1 is 1.38 bits per heavy atom. The second kappa shape index (κ2) is 7.88. The Bertz CT molecular complexity index is 891. The molecule has 1 saturated carbocycles. The molecule has 0 unspecified atom stereocenters. The van der Waals surface area contributed by atoms with E-state index in [1.807, 2.05) is 19.2 Å². The monoisotopic (exact) mass is 369 g/mol. The summed E-state index contributed by atoms with van der Waals surface area (Å²) in [6, 6.07) is 4.46. The fourth-order valence-electron chi connectivity index (χ4n) is 3.55. The molecule has 6 heteroatoms. The van der Waals surface area contributed by atoms with Gasteiger partial charge < -0.3 is 9.30 Å². The van der Waals surface area contributed by atoms with Gasteiger partial charge in [-0.2, -0.15) is 5.26 Å². The average molecular weight is 369 g/mol. The smallest absolute Gasteiger partial charge is 0.307 e. The summed E-state index contributed by atoms with van der Waals surface area (Å²) in [4.78, 5) is 16.2. The summed E-state index contributed by atoms with van der Waals surface area (Å²) in [6.45, 7) is 4.66. The van der Waals surface area contributed by atoms with Crippen LogP contribution in [0.15, 0.2) is 17.0 Å². The third-order valence-electron chi connectivity index (χ3n) is 5.01. The van der Waals surface area contributed by atoms with Gasteiger partial charge in [-0.15, -0.1) is 11.3 Å². The van der Waals surface area contributed by atoms with Crippen molar-refractivity contribution in [1.29, 1.82) is 5.26 Å². The van der Waals surface area contributed by atoms with Gasteiger partial charge in [0.15, 0.2) is 0 Å². The molecule has 26 heavy (non-hydrogen) atoms. The highest BCUT2D eigenvalue weighted by molar-refractivity contribution is 7.11. The molecule has 136 valence electrons. The van der Waals surface area contributed by atoms with E-state index in [0.717, 1.165) is 46.1 Å². The molecule has 2 heterocycles. The second-order valence-corrected chi connectivity index (χ2v) is 7.46. The van der Waals surface area contributed by atoms with E-state index in [4.69, 9.17) is 9.72 Å². The Labute approximate surface area is 157 Å². The van der Waals surface area contributed by atoms with Crippen molar-refractivity contribution < 1.29 is 9.53 Å². The van der Waals surface area contributed by atoms with Crippen LogP contribution in [0.5, 0.6) is 0 Å². The highest BCUT2D eigenvalue weighted by atomic mass is 32.1. The van der Waals surface area contributed by atoms with Crippen LogP contribution in [0.4, 0.5) is 0 Å². The van der Waals surface area contributed by atoms with Crippen molar-refractivity contribution in [1.82, 2.24) is 9.55 Å². The Kier molecular flexibility index (Phi) is 5.58. The van der Waals surface area contributed by atoms with Gasteiger partial charge in [-0.25, -0.2) is 4.98 Å². The number of aryl methyl sites for hydroxylation is 1. The van der Waals surface area contributed by atoms with Crippen molar-refractivity contribution in [2.75, 3.05) is 7.11 Å². The van der Waals surface area contributed by atoms with Crippen molar-refractivity contribution >= 4 is 22.9 Å². The van der Waals surface area contributed by atoms with Gasteiger partial charge in [0.2, 0.25) is 0 Å². The normalized spacial score (nSPS) is 13.7. The SMILES string of the molecule is COC(=O)CCn1c(C)cc(-c2csc(C(C#N)=C3CCCC3)n2)c1C. The Morgan fingerprint density at radius 2 is 2.12 bits per heavy atom. The van der Waals surface area contributed by atoms with E-state index >= 15 is 0 Å². The van der Waals surface area contributed by atoms with Crippen LogP contribution in [0.25, 0.3) is 16.8 Å². The van der Waals surface area contributed by atoms with E-state index in [1.165, 1.54) is 36.9 Å². The minimum atomic E-state index is -0.211. The van der Waals surface area contributed by atoms with Crippen LogP contribution in [0, 0.1) is 25.2 Å². The van der Waals surface area contributed by atoms with Gasteiger partial charge in [0.1, 0.15) is 11.1 Å². The van der Waals surface area contributed by atoms with E-state index in [0.29, 0.717) is 13.0 Å². The molecule has 1 fully saturated rings. The van der Waals surface area contributed by atoms with Crippen LogP contribution in [-0.2, 0) is 16.1 Å². The first-order chi connectivity index (χ1) is 12.5. The fraction of sp³-hybridized carbons (Fsp3) is 0.450. The number of nitrogens with zero attached hydrogens (tertiary/aromatic N) is 3. The molecule has 2 aromatic rings. The lowest BCUT2D eigenvalue weighted by molar-refractivity contribution is -0.140. The molecule has 0 amide bonds. The Balaban J connectivity index is 1.89. The number of methoxy groups -OCH3 is 1. The maximum Gasteiger partial charge on any atom is 0.307 e. The molecule has 1 aliphatic carbocycles. The number of hydrogen-bond donors (Lipinski definition) is 0. The maximum atomic E-state index is 11.4. The predicted molar refractivity (Wildman–Crippen MR) is 103 cm³/mol. The predicted octanol–water partition coefficient (Wildman–Crippen LogP) is 4.64. The lowest BCUT2D eigenvalue weighted by atomic mass is 10.1. The average Bonchev–Trinajstić information content (AvgIpc) is 3.36. The van der Waals surface area contributed by atoms with E-state index < -0.39 is 0 Å². The molecule has 0 aromatic carbocycles. The van der Waals surface area contributed by atoms with Gasteiger partial charge >= 0.3 is 5.97 Å². The van der Waals surface area contributed by atoms with E-state index in [1.54, 1.807) is 0 Å². The van der Waals surface area contributed by atoms with Crippen LogP contribution in [0.1, 0.15) is 48.5 Å². The maximum absolute atomic E-state index is 11.4. The van der Waals surface area contributed by atoms with Crippen molar-refractivity contribution in [3.63, 3.8) is 0 Å². The van der Waals surface area contributed by atoms with Crippen LogP contribution in [-0.4, -0.2) is 22.6 Å². The van der Waals surface area contributed by atoms with Crippen LogP contribution in [0.3, 0.4) is 0 Å². The molecule has 0 bridgehead atoms. The van der Waals surface area contributed by atoms with Crippen LogP contribution >= 0.6 is 11.3 Å². The Morgan fingerprint density at radius 3 is 2.77 bits per heavy atom. The minimum Gasteiger partial charge on any atom is -0.469 e. The molecular formula is C20H23N3O2S. The van der Waals surface area contributed by atoms with E-state index in [9.17, 15) is 10.1 Å². The lowest BCUT2D eigenvalue weighted by Crippen LogP contribution is -2.09. The number of allylic oxidation sites excluding steroid dienone is 2. The largest absolute Gasteiger partial charge is 0.469 e. The number of ether oxygens (including phenoxy) is 1. The van der Waals surface area contributed by atoms with Crippen molar-refractivity contribution in [2.24, 2.45) is 0 Å². The first kappa shape index (κ1) is 18.4. The summed E-state index contributed by atoms with van der Waals surface area (Å²) in [5.74, 6) is -0.211. The number of esters is 1. The molecule has 3 rings (SSSR count). The van der Waals surface area contributed by atoms with Gasteiger partial charge in [-0.3, -0.25) is 4.79 Å². The summed E-state index contributed by atoms with van der Waals surface area (Å²) in [7, 11) is 1.41. The van der Waals surface area contributed by atoms with Crippen LogP contribution in [0.2, 0.25) is 0 Å². The molecule has 0 atom stereocenters. The number of nitriles is 1. The molecule has 5 nitrogen and oxygen atoms in total. The fourth-order valence-corrected chi connectivity index (χ4v) is 4.41. The Hall–Kier alpha value is -2.39. The van der Waals surface area contributed by atoms with Gasteiger partial charge in [0, 0.05) is 28.9 Å². The number of carbonyl (C=O) groups is 1. The van der Waals surface area contributed by atoms with E-state index in [-0.39, 0.29) is 5.97 Å². The highest BCUT2D eigenvalue weighted by Crippen LogP contribution is 2.35. The minimum absolute atomic E-state index is 0.211. The van der Waals surface area contributed by atoms with Gasteiger partial charge in [0.25, 0.3) is 0 Å². The second-order valence-electron chi connectivity index (χ2n) is 6.60. The number of aromatic nitrogens is 2. The standard InChI is InChI=1S/C20H23N3O2S/c1-13-10-16(14(2)23(13)9-8-19(24)25-3)18-12-26-20(22-18)17(11-21)15-6-4-5-7-15/h10,12H,4-9H2,1-3H3. The molecular weight excluding hydrogens is 346 g/mol. The van der Waals surface area contributed by atoms with Crippen LogP contribution < -0.4 is 0 Å². The summed E-state index contributed by atoms with van der Waals surface area (Å²) >= 11 is 1.53.